The fraction of sp³-hybridized carbons (Fsp3) is 0.300. The van der Waals surface area contributed by atoms with E-state index in [0.717, 1.165) is 19.3 Å². The van der Waals surface area contributed by atoms with Crippen LogP contribution in [0.2, 0.25) is 0 Å². The van der Waals surface area contributed by atoms with Crippen LogP contribution in [0.3, 0.4) is 0 Å². The maximum Gasteiger partial charge on any atom is 0.253 e. The van der Waals surface area contributed by atoms with Crippen LogP contribution in [0, 0.1) is 0 Å². The smallest absolute Gasteiger partial charge is 0.253 e. The van der Waals surface area contributed by atoms with Crippen molar-refractivity contribution >= 4 is 17.5 Å². The lowest BCUT2D eigenvalue weighted by atomic mass is 9.87. The normalized spacial score (nSPS) is 16.2. The van der Waals surface area contributed by atoms with Gasteiger partial charge in [-0.15, -0.1) is 0 Å². The summed E-state index contributed by atoms with van der Waals surface area (Å²) in [5.74, 6) is -0.0965. The molecule has 1 aliphatic carbocycles. The molecule has 0 saturated carbocycles. The molecule has 2 aromatic rings. The first-order valence-corrected chi connectivity index (χ1v) is 8.26. The highest BCUT2D eigenvalue weighted by atomic mass is 16.2. The van der Waals surface area contributed by atoms with E-state index in [-0.39, 0.29) is 17.9 Å². The van der Waals surface area contributed by atoms with Gasteiger partial charge in [0.25, 0.3) is 5.91 Å². The Morgan fingerprint density at radius 2 is 1.71 bits per heavy atom. The number of carbonyl (C=O) groups excluding carboxylic acids is 2. The molecule has 1 unspecified atom stereocenters. The van der Waals surface area contributed by atoms with Gasteiger partial charge in [-0.2, -0.15) is 0 Å². The van der Waals surface area contributed by atoms with Crippen molar-refractivity contribution in [1.82, 2.24) is 4.90 Å². The van der Waals surface area contributed by atoms with E-state index < -0.39 is 0 Å². The predicted molar refractivity (Wildman–Crippen MR) is 95.1 cm³/mol. The van der Waals surface area contributed by atoms with Gasteiger partial charge in [-0.3, -0.25) is 9.59 Å². The summed E-state index contributed by atoms with van der Waals surface area (Å²) >= 11 is 0. The number of fused-ring (bicyclic) bond motifs is 1. The minimum absolute atomic E-state index is 0.0220. The molecule has 24 heavy (non-hydrogen) atoms. The standard InChI is InChI=1S/C20H22N2O2/c1-14(23)21-18-10-7-16(8-11-18)20(24)22(2)19-12-9-15-5-3-4-6-17(15)13-19/h3-8,10-11,19H,9,12-13H2,1-2H3,(H,21,23). The Morgan fingerprint density at radius 1 is 1.04 bits per heavy atom. The van der Waals surface area contributed by atoms with Crippen molar-refractivity contribution < 1.29 is 9.59 Å². The summed E-state index contributed by atoms with van der Waals surface area (Å²) in [4.78, 5) is 25.6. The number of rotatable bonds is 3. The minimum Gasteiger partial charge on any atom is -0.338 e. The number of nitrogens with one attached hydrogen (secondary N) is 1. The van der Waals surface area contributed by atoms with E-state index in [1.54, 1.807) is 24.3 Å². The highest BCUT2D eigenvalue weighted by Crippen LogP contribution is 2.25. The van der Waals surface area contributed by atoms with Crippen LogP contribution in [0.5, 0.6) is 0 Å². The second kappa shape index (κ2) is 6.87. The average Bonchev–Trinajstić information content (AvgIpc) is 2.60. The number of nitrogens with zero attached hydrogens (tertiary/aromatic N) is 1. The van der Waals surface area contributed by atoms with Crippen LogP contribution in [0.15, 0.2) is 48.5 Å². The molecule has 0 aliphatic heterocycles. The molecule has 0 heterocycles. The Hall–Kier alpha value is -2.62. The zero-order valence-electron chi connectivity index (χ0n) is 14.1. The van der Waals surface area contributed by atoms with E-state index >= 15 is 0 Å². The van der Waals surface area contributed by atoms with Gasteiger partial charge < -0.3 is 10.2 Å². The summed E-state index contributed by atoms with van der Waals surface area (Å²) in [7, 11) is 1.88. The number of amides is 2. The molecule has 0 radical (unpaired) electrons. The molecular formula is C20H22N2O2. The van der Waals surface area contributed by atoms with Crippen molar-refractivity contribution in [3.05, 3.63) is 65.2 Å². The van der Waals surface area contributed by atoms with Crippen LogP contribution in [-0.2, 0) is 17.6 Å². The Kier molecular flexibility index (Phi) is 4.65. The van der Waals surface area contributed by atoms with Crippen LogP contribution in [0.25, 0.3) is 0 Å². The number of carbonyl (C=O) groups is 2. The zero-order valence-corrected chi connectivity index (χ0v) is 14.1. The van der Waals surface area contributed by atoms with Crippen LogP contribution in [0.4, 0.5) is 5.69 Å². The third-order valence-corrected chi connectivity index (χ3v) is 4.64. The fourth-order valence-electron chi connectivity index (χ4n) is 3.28. The third-order valence-electron chi connectivity index (χ3n) is 4.64. The van der Waals surface area contributed by atoms with Crippen LogP contribution in [-0.4, -0.2) is 29.8 Å². The highest BCUT2D eigenvalue weighted by molar-refractivity contribution is 5.95. The summed E-state index contributed by atoms with van der Waals surface area (Å²) < 4.78 is 0. The maximum absolute atomic E-state index is 12.7. The molecule has 0 aromatic heterocycles. The zero-order chi connectivity index (χ0) is 17.1. The number of aryl methyl sites for hydroxylation is 1. The first kappa shape index (κ1) is 16.2. The third kappa shape index (κ3) is 3.48. The predicted octanol–water partition coefficient (Wildman–Crippen LogP) is 3.27. The maximum atomic E-state index is 12.7. The second-order valence-corrected chi connectivity index (χ2v) is 6.34. The molecule has 0 fully saturated rings. The van der Waals surface area contributed by atoms with Crippen molar-refractivity contribution in [1.29, 1.82) is 0 Å². The lowest BCUT2D eigenvalue weighted by Crippen LogP contribution is -2.40. The monoisotopic (exact) mass is 322 g/mol. The molecular weight excluding hydrogens is 300 g/mol. The van der Waals surface area contributed by atoms with E-state index in [4.69, 9.17) is 0 Å². The molecule has 0 spiro atoms. The van der Waals surface area contributed by atoms with Gasteiger partial charge in [0.15, 0.2) is 0 Å². The average molecular weight is 322 g/mol. The first-order chi connectivity index (χ1) is 11.5. The van der Waals surface area contributed by atoms with Crippen LogP contribution in [0.1, 0.15) is 34.8 Å². The van der Waals surface area contributed by atoms with Gasteiger partial charge in [0.05, 0.1) is 0 Å². The molecule has 2 aromatic carbocycles. The van der Waals surface area contributed by atoms with E-state index in [0.29, 0.717) is 11.3 Å². The summed E-state index contributed by atoms with van der Waals surface area (Å²) in [6.07, 6.45) is 2.91. The number of hydrogen-bond donors (Lipinski definition) is 1. The summed E-state index contributed by atoms with van der Waals surface area (Å²) in [5, 5.41) is 2.71. The Bertz CT molecular complexity index is 752. The molecule has 3 rings (SSSR count). The molecule has 1 atom stereocenters. The number of anilines is 1. The molecule has 4 nitrogen and oxygen atoms in total. The quantitative estimate of drug-likeness (QED) is 0.943. The molecule has 2 amide bonds. The van der Waals surface area contributed by atoms with Gasteiger partial charge in [-0.05, 0) is 54.7 Å². The molecule has 1 N–H and O–H groups in total. The molecule has 0 bridgehead atoms. The topological polar surface area (TPSA) is 49.4 Å². The summed E-state index contributed by atoms with van der Waals surface area (Å²) in [6.45, 7) is 1.47. The van der Waals surface area contributed by atoms with Gasteiger partial charge in [0.1, 0.15) is 0 Å². The Morgan fingerprint density at radius 3 is 2.38 bits per heavy atom. The van der Waals surface area contributed by atoms with Gasteiger partial charge in [0, 0.05) is 31.3 Å². The van der Waals surface area contributed by atoms with E-state index in [2.05, 4.69) is 29.6 Å². The van der Waals surface area contributed by atoms with E-state index in [1.165, 1.54) is 18.1 Å². The van der Waals surface area contributed by atoms with E-state index in [1.807, 2.05) is 11.9 Å². The van der Waals surface area contributed by atoms with Crippen molar-refractivity contribution in [3.63, 3.8) is 0 Å². The highest BCUT2D eigenvalue weighted by Gasteiger charge is 2.25. The SMILES string of the molecule is CC(=O)Nc1ccc(C(=O)N(C)C2CCc3ccccc3C2)cc1. The van der Waals surface area contributed by atoms with Crippen molar-refractivity contribution in [3.8, 4) is 0 Å². The van der Waals surface area contributed by atoms with Gasteiger partial charge >= 0.3 is 0 Å². The molecule has 4 heteroatoms. The molecule has 0 saturated heterocycles. The Labute approximate surface area is 142 Å². The minimum atomic E-state index is -0.118. The summed E-state index contributed by atoms with van der Waals surface area (Å²) in [5.41, 5.74) is 4.09. The number of benzene rings is 2. The van der Waals surface area contributed by atoms with E-state index in [9.17, 15) is 9.59 Å². The lowest BCUT2D eigenvalue weighted by Gasteiger charge is -2.32. The number of hydrogen-bond acceptors (Lipinski definition) is 2. The lowest BCUT2D eigenvalue weighted by molar-refractivity contribution is -0.114. The summed E-state index contributed by atoms with van der Waals surface area (Å²) in [6, 6.07) is 15.7. The number of likely N-dealkylation sites (N-methyl/N-ethyl adjacent to an activating group) is 1. The van der Waals surface area contributed by atoms with Crippen molar-refractivity contribution in [2.45, 2.75) is 32.2 Å². The van der Waals surface area contributed by atoms with Crippen LogP contribution < -0.4 is 5.32 Å². The van der Waals surface area contributed by atoms with Crippen molar-refractivity contribution in [2.75, 3.05) is 12.4 Å². The van der Waals surface area contributed by atoms with Crippen LogP contribution >= 0.6 is 0 Å². The first-order valence-electron chi connectivity index (χ1n) is 8.26. The van der Waals surface area contributed by atoms with Gasteiger partial charge in [-0.25, -0.2) is 0 Å². The Balaban J connectivity index is 1.70. The second-order valence-electron chi connectivity index (χ2n) is 6.34. The molecule has 1 aliphatic rings. The van der Waals surface area contributed by atoms with Crippen molar-refractivity contribution in [2.24, 2.45) is 0 Å². The fourth-order valence-corrected chi connectivity index (χ4v) is 3.28. The molecule has 124 valence electrons. The van der Waals surface area contributed by atoms with Gasteiger partial charge in [-0.1, -0.05) is 24.3 Å². The largest absolute Gasteiger partial charge is 0.338 e. The van der Waals surface area contributed by atoms with Gasteiger partial charge in [0.2, 0.25) is 5.91 Å².